The van der Waals surface area contributed by atoms with Crippen LogP contribution in [0.25, 0.3) is 11.3 Å². The number of benzene rings is 1. The van der Waals surface area contributed by atoms with Crippen molar-refractivity contribution in [2.45, 2.75) is 44.6 Å². The Morgan fingerprint density at radius 1 is 1.27 bits per heavy atom. The highest BCUT2D eigenvalue weighted by Gasteiger charge is 2.12. The van der Waals surface area contributed by atoms with Crippen LogP contribution in [0.15, 0.2) is 29.6 Å². The van der Waals surface area contributed by atoms with E-state index in [0.29, 0.717) is 0 Å². The number of hydrogen-bond donors (Lipinski definition) is 1. The third-order valence-corrected chi connectivity index (χ3v) is 5.20. The van der Waals surface area contributed by atoms with Crippen molar-refractivity contribution in [3.05, 3.63) is 34.7 Å². The van der Waals surface area contributed by atoms with Gasteiger partial charge in [-0.15, -0.1) is 11.3 Å². The fraction of sp³-hybridized carbons (Fsp3) is 0.500. The van der Waals surface area contributed by atoms with Gasteiger partial charge in [-0.3, -0.25) is 0 Å². The number of rotatable bonds is 6. The molecule has 1 aliphatic rings. The third-order valence-electron chi connectivity index (χ3n) is 4.29. The lowest BCUT2D eigenvalue weighted by atomic mass is 9.95. The van der Waals surface area contributed by atoms with E-state index in [1.807, 2.05) is 18.2 Å². The molecular formula is C18H24N2OS. The summed E-state index contributed by atoms with van der Waals surface area (Å²) in [4.78, 5) is 4.76. The number of ether oxygens (including phenoxy) is 1. The molecule has 4 heteroatoms. The quantitative estimate of drug-likeness (QED) is 0.863. The molecular weight excluding hydrogens is 292 g/mol. The Morgan fingerprint density at radius 2 is 2.14 bits per heavy atom. The van der Waals surface area contributed by atoms with Crippen LogP contribution in [-0.4, -0.2) is 24.7 Å². The lowest BCUT2D eigenvalue weighted by molar-refractivity contribution is 0.375. The van der Waals surface area contributed by atoms with Gasteiger partial charge in [0.15, 0.2) is 0 Å². The predicted molar refractivity (Wildman–Crippen MR) is 92.7 cm³/mol. The first kappa shape index (κ1) is 15.5. The van der Waals surface area contributed by atoms with E-state index in [9.17, 15) is 0 Å². The van der Waals surface area contributed by atoms with Crippen LogP contribution >= 0.6 is 11.3 Å². The van der Waals surface area contributed by atoms with E-state index in [1.54, 1.807) is 18.4 Å². The topological polar surface area (TPSA) is 34.1 Å². The molecule has 2 aromatic rings. The fourth-order valence-electron chi connectivity index (χ4n) is 3.03. The van der Waals surface area contributed by atoms with Gasteiger partial charge < -0.3 is 10.1 Å². The third kappa shape index (κ3) is 4.08. The molecule has 1 N–H and O–H groups in total. The van der Waals surface area contributed by atoms with Gasteiger partial charge in [0.1, 0.15) is 5.75 Å². The van der Waals surface area contributed by atoms with Crippen molar-refractivity contribution in [3.8, 4) is 17.0 Å². The van der Waals surface area contributed by atoms with E-state index >= 15 is 0 Å². The van der Waals surface area contributed by atoms with E-state index in [2.05, 4.69) is 16.8 Å². The number of hydrogen-bond acceptors (Lipinski definition) is 4. The summed E-state index contributed by atoms with van der Waals surface area (Å²) in [7, 11) is 1.70. The molecule has 0 unspecified atom stereocenters. The van der Waals surface area contributed by atoms with Gasteiger partial charge in [-0.25, -0.2) is 4.98 Å². The Morgan fingerprint density at radius 3 is 2.95 bits per heavy atom. The first-order valence-corrected chi connectivity index (χ1v) is 9.05. The summed E-state index contributed by atoms with van der Waals surface area (Å²) >= 11 is 1.75. The van der Waals surface area contributed by atoms with E-state index in [-0.39, 0.29) is 0 Å². The molecule has 1 aliphatic carbocycles. The second kappa shape index (κ2) is 7.75. The van der Waals surface area contributed by atoms with Gasteiger partial charge in [-0.05, 0) is 25.0 Å². The highest BCUT2D eigenvalue weighted by molar-refractivity contribution is 7.09. The number of thiazole rings is 1. The molecule has 0 radical (unpaired) electrons. The van der Waals surface area contributed by atoms with Gasteiger partial charge in [0.2, 0.25) is 0 Å². The summed E-state index contributed by atoms with van der Waals surface area (Å²) in [5, 5.41) is 7.04. The van der Waals surface area contributed by atoms with Crippen LogP contribution in [0.1, 0.15) is 37.1 Å². The summed E-state index contributed by atoms with van der Waals surface area (Å²) in [6.45, 7) is 1.04. The Bertz CT molecular complexity index is 590. The normalized spacial score (nSPS) is 15.9. The van der Waals surface area contributed by atoms with Crippen LogP contribution in [0.4, 0.5) is 0 Å². The summed E-state index contributed by atoms with van der Waals surface area (Å²) in [5.41, 5.74) is 2.18. The largest absolute Gasteiger partial charge is 0.497 e. The van der Waals surface area contributed by atoms with Gasteiger partial charge in [-0.1, -0.05) is 31.4 Å². The van der Waals surface area contributed by atoms with Gasteiger partial charge in [-0.2, -0.15) is 0 Å². The lowest BCUT2D eigenvalue weighted by Crippen LogP contribution is -2.32. The van der Waals surface area contributed by atoms with E-state index in [4.69, 9.17) is 9.72 Å². The van der Waals surface area contributed by atoms with E-state index < -0.39 is 0 Å². The minimum absolute atomic E-state index is 0.728. The zero-order valence-electron chi connectivity index (χ0n) is 13.2. The Hall–Kier alpha value is -1.39. The van der Waals surface area contributed by atoms with Gasteiger partial charge >= 0.3 is 0 Å². The van der Waals surface area contributed by atoms with Gasteiger partial charge in [0.05, 0.1) is 17.8 Å². The molecule has 1 heterocycles. The molecule has 1 saturated carbocycles. The maximum absolute atomic E-state index is 5.28. The molecule has 22 heavy (non-hydrogen) atoms. The molecule has 118 valence electrons. The molecule has 0 aliphatic heterocycles. The molecule has 0 amide bonds. The molecule has 1 aromatic carbocycles. The van der Waals surface area contributed by atoms with Crippen LogP contribution < -0.4 is 10.1 Å². The standard InChI is InChI=1S/C18H24N2OS/c1-21-16-9-5-6-14(12-16)17-13-22-18(20-17)10-11-19-15-7-3-2-4-8-15/h5-6,9,12-13,15,19H,2-4,7-8,10-11H2,1H3. The molecule has 0 bridgehead atoms. The number of nitrogens with one attached hydrogen (secondary N) is 1. The molecule has 0 atom stereocenters. The lowest BCUT2D eigenvalue weighted by Gasteiger charge is -2.22. The second-order valence-corrected chi connectivity index (χ2v) is 6.84. The van der Waals surface area contributed by atoms with Crippen molar-refractivity contribution >= 4 is 11.3 Å². The monoisotopic (exact) mass is 316 g/mol. The molecule has 3 rings (SSSR count). The summed E-state index contributed by atoms with van der Waals surface area (Å²) in [6.07, 6.45) is 7.88. The number of nitrogens with zero attached hydrogens (tertiary/aromatic N) is 1. The first-order valence-electron chi connectivity index (χ1n) is 8.17. The van der Waals surface area contributed by atoms with Crippen LogP contribution in [0.3, 0.4) is 0 Å². The SMILES string of the molecule is COc1cccc(-c2csc(CCNC3CCCCC3)n2)c1. The number of aromatic nitrogens is 1. The van der Waals surface area contributed by atoms with Gasteiger partial charge in [0.25, 0.3) is 0 Å². The molecule has 1 fully saturated rings. The van der Waals surface area contributed by atoms with E-state index in [1.165, 1.54) is 37.1 Å². The van der Waals surface area contributed by atoms with Crippen molar-refractivity contribution < 1.29 is 4.74 Å². The minimum atomic E-state index is 0.728. The summed E-state index contributed by atoms with van der Waals surface area (Å²) in [6, 6.07) is 8.83. The average Bonchev–Trinajstić information content (AvgIpc) is 3.05. The second-order valence-electron chi connectivity index (χ2n) is 5.90. The van der Waals surface area contributed by atoms with Crippen molar-refractivity contribution in [1.82, 2.24) is 10.3 Å². The molecule has 0 saturated heterocycles. The first-order chi connectivity index (χ1) is 10.8. The van der Waals surface area contributed by atoms with Crippen molar-refractivity contribution in [2.75, 3.05) is 13.7 Å². The maximum Gasteiger partial charge on any atom is 0.119 e. The minimum Gasteiger partial charge on any atom is -0.497 e. The zero-order chi connectivity index (χ0) is 15.2. The number of methoxy groups -OCH3 is 1. The maximum atomic E-state index is 5.28. The molecule has 0 spiro atoms. The Balaban J connectivity index is 1.54. The van der Waals surface area contributed by atoms with Crippen LogP contribution in [0.2, 0.25) is 0 Å². The zero-order valence-corrected chi connectivity index (χ0v) is 14.0. The summed E-state index contributed by atoms with van der Waals surface area (Å²) in [5.74, 6) is 0.881. The smallest absolute Gasteiger partial charge is 0.119 e. The highest BCUT2D eigenvalue weighted by Crippen LogP contribution is 2.25. The molecule has 3 nitrogen and oxygen atoms in total. The predicted octanol–water partition coefficient (Wildman–Crippen LogP) is 4.28. The fourth-order valence-corrected chi connectivity index (χ4v) is 3.84. The average molecular weight is 316 g/mol. The van der Waals surface area contributed by atoms with Gasteiger partial charge in [0, 0.05) is 30.0 Å². The Kier molecular flexibility index (Phi) is 5.46. The van der Waals surface area contributed by atoms with Crippen LogP contribution in [0.5, 0.6) is 5.75 Å². The molecule has 1 aromatic heterocycles. The summed E-state index contributed by atoms with van der Waals surface area (Å²) < 4.78 is 5.28. The van der Waals surface area contributed by atoms with Crippen molar-refractivity contribution in [1.29, 1.82) is 0 Å². The highest BCUT2D eigenvalue weighted by atomic mass is 32.1. The van der Waals surface area contributed by atoms with Crippen molar-refractivity contribution in [3.63, 3.8) is 0 Å². The van der Waals surface area contributed by atoms with Crippen LogP contribution in [0, 0.1) is 0 Å². The van der Waals surface area contributed by atoms with Crippen molar-refractivity contribution in [2.24, 2.45) is 0 Å². The Labute approximate surface area is 136 Å². The van der Waals surface area contributed by atoms with E-state index in [0.717, 1.165) is 36.0 Å². The van der Waals surface area contributed by atoms with Crippen LogP contribution in [-0.2, 0) is 6.42 Å².